The van der Waals surface area contributed by atoms with Crippen LogP contribution < -0.4 is 10.5 Å². The Morgan fingerprint density at radius 2 is 1.72 bits per heavy atom. The van der Waals surface area contributed by atoms with E-state index in [-0.39, 0.29) is 11.1 Å². The Morgan fingerprint density at radius 1 is 1.12 bits per heavy atom. The van der Waals surface area contributed by atoms with Crippen molar-refractivity contribution >= 4 is 15.9 Å². The lowest BCUT2D eigenvalue weighted by Crippen LogP contribution is -2.37. The van der Waals surface area contributed by atoms with Gasteiger partial charge in [-0.1, -0.05) is 36.4 Å². The van der Waals surface area contributed by atoms with Crippen molar-refractivity contribution in [3.8, 4) is 0 Å². The van der Waals surface area contributed by atoms with Gasteiger partial charge < -0.3 is 5.73 Å². The highest BCUT2D eigenvalue weighted by Crippen LogP contribution is 2.33. The van der Waals surface area contributed by atoms with Crippen LogP contribution >= 0.6 is 0 Å². The molecule has 0 aliphatic heterocycles. The molecule has 1 unspecified atom stereocenters. The number of hydrogen-bond donors (Lipinski definition) is 2. The molecule has 0 fully saturated rings. The van der Waals surface area contributed by atoms with E-state index in [1.54, 1.807) is 18.2 Å². The average molecular weight is 372 g/mol. The standard InChI is InChI=1S/C16H15F3N2O3S/c1-10-7-8-12(9-13(10)16(17,18)19)25(23,24)21-14(15(20)22)11-5-3-2-4-6-11/h2-9,14,21H,1H3,(H2,20,22). The van der Waals surface area contributed by atoms with Gasteiger partial charge in [0.15, 0.2) is 0 Å². The molecule has 0 heterocycles. The van der Waals surface area contributed by atoms with Crippen molar-refractivity contribution in [2.75, 3.05) is 0 Å². The molecule has 0 saturated carbocycles. The van der Waals surface area contributed by atoms with Crippen LogP contribution in [0.25, 0.3) is 0 Å². The Kier molecular flexibility index (Phi) is 5.19. The lowest BCUT2D eigenvalue weighted by Gasteiger charge is -2.17. The second kappa shape index (κ2) is 6.85. The van der Waals surface area contributed by atoms with Crippen molar-refractivity contribution < 1.29 is 26.4 Å². The Balaban J connectivity index is 2.43. The van der Waals surface area contributed by atoms with Gasteiger partial charge in [0.1, 0.15) is 6.04 Å². The molecule has 134 valence electrons. The third-order valence-corrected chi connectivity index (χ3v) is 4.94. The molecule has 0 aromatic heterocycles. The lowest BCUT2D eigenvalue weighted by molar-refractivity contribution is -0.138. The van der Waals surface area contributed by atoms with Gasteiger partial charge in [0, 0.05) is 0 Å². The Labute approximate surface area is 142 Å². The number of aryl methyl sites for hydroxylation is 1. The average Bonchev–Trinajstić information content (AvgIpc) is 2.52. The Hall–Kier alpha value is -2.39. The number of hydrogen-bond acceptors (Lipinski definition) is 3. The zero-order valence-electron chi connectivity index (χ0n) is 13.0. The molecule has 2 aromatic carbocycles. The molecule has 9 heteroatoms. The topological polar surface area (TPSA) is 89.3 Å². The maximum atomic E-state index is 13.0. The molecule has 0 spiro atoms. The van der Waals surface area contributed by atoms with Gasteiger partial charge in [0.25, 0.3) is 0 Å². The molecule has 1 atom stereocenters. The monoisotopic (exact) mass is 372 g/mol. The third kappa shape index (κ3) is 4.37. The van der Waals surface area contributed by atoms with Gasteiger partial charge in [-0.2, -0.15) is 17.9 Å². The summed E-state index contributed by atoms with van der Waals surface area (Å²) in [5.74, 6) is -0.974. The van der Waals surface area contributed by atoms with Crippen molar-refractivity contribution in [1.82, 2.24) is 4.72 Å². The minimum absolute atomic E-state index is 0.110. The zero-order valence-corrected chi connectivity index (χ0v) is 13.9. The second-order valence-corrected chi connectivity index (χ2v) is 7.06. The zero-order chi connectivity index (χ0) is 18.8. The quantitative estimate of drug-likeness (QED) is 0.845. The van der Waals surface area contributed by atoms with Gasteiger partial charge in [0.2, 0.25) is 15.9 Å². The molecule has 5 nitrogen and oxygen atoms in total. The minimum atomic E-state index is -4.70. The normalized spacial score (nSPS) is 13.4. The maximum Gasteiger partial charge on any atom is 0.416 e. The summed E-state index contributed by atoms with van der Waals surface area (Å²) in [7, 11) is -4.40. The van der Waals surface area contributed by atoms with Crippen molar-refractivity contribution in [2.45, 2.75) is 24.0 Å². The smallest absolute Gasteiger partial charge is 0.368 e. The molecule has 25 heavy (non-hydrogen) atoms. The summed E-state index contributed by atoms with van der Waals surface area (Å²) in [4.78, 5) is 11.0. The van der Waals surface area contributed by atoms with Crippen molar-refractivity contribution in [1.29, 1.82) is 0 Å². The predicted molar refractivity (Wildman–Crippen MR) is 84.9 cm³/mol. The number of amides is 1. The summed E-state index contributed by atoms with van der Waals surface area (Å²) in [6, 6.07) is 8.99. The fraction of sp³-hybridized carbons (Fsp3) is 0.188. The van der Waals surface area contributed by atoms with Gasteiger partial charge in [-0.3, -0.25) is 4.79 Å². The first-order chi connectivity index (χ1) is 11.5. The van der Waals surface area contributed by atoms with Gasteiger partial charge in [0.05, 0.1) is 10.5 Å². The van der Waals surface area contributed by atoms with Crippen LogP contribution in [0.15, 0.2) is 53.4 Å². The number of alkyl halides is 3. The second-order valence-electron chi connectivity index (χ2n) is 5.34. The summed E-state index contributed by atoms with van der Waals surface area (Å²) in [5.41, 5.74) is 4.34. The first kappa shape index (κ1) is 18.9. The third-order valence-electron chi connectivity index (χ3n) is 3.52. The number of nitrogens with one attached hydrogen (secondary N) is 1. The number of carbonyl (C=O) groups is 1. The van der Waals surface area contributed by atoms with Crippen LogP contribution in [0.2, 0.25) is 0 Å². The molecule has 2 aromatic rings. The summed E-state index contributed by atoms with van der Waals surface area (Å²) in [6.45, 7) is 1.23. The number of benzene rings is 2. The summed E-state index contributed by atoms with van der Waals surface area (Å²) in [5, 5.41) is 0. The minimum Gasteiger partial charge on any atom is -0.368 e. The molecule has 0 aliphatic rings. The van der Waals surface area contributed by atoms with E-state index < -0.39 is 38.6 Å². The molecule has 2 rings (SSSR count). The molecular formula is C16H15F3N2O3S. The lowest BCUT2D eigenvalue weighted by atomic mass is 10.1. The van der Waals surface area contributed by atoms with E-state index in [9.17, 15) is 26.4 Å². The van der Waals surface area contributed by atoms with E-state index in [0.29, 0.717) is 6.07 Å². The molecule has 0 radical (unpaired) electrons. The van der Waals surface area contributed by atoms with Crippen molar-refractivity contribution in [3.63, 3.8) is 0 Å². The predicted octanol–water partition coefficient (Wildman–Crippen LogP) is 2.52. The summed E-state index contributed by atoms with van der Waals surface area (Å²) in [6.07, 6.45) is -4.70. The summed E-state index contributed by atoms with van der Waals surface area (Å²) >= 11 is 0. The van der Waals surface area contributed by atoms with Crippen LogP contribution in [-0.4, -0.2) is 14.3 Å². The highest BCUT2D eigenvalue weighted by atomic mass is 32.2. The van der Waals surface area contributed by atoms with Crippen molar-refractivity contribution in [2.24, 2.45) is 5.73 Å². The molecule has 0 aliphatic carbocycles. The first-order valence-corrected chi connectivity index (χ1v) is 8.55. The van der Waals surface area contributed by atoms with Gasteiger partial charge in [-0.05, 0) is 30.2 Å². The van der Waals surface area contributed by atoms with Crippen LogP contribution in [0.1, 0.15) is 22.7 Å². The first-order valence-electron chi connectivity index (χ1n) is 7.07. The van der Waals surface area contributed by atoms with Crippen LogP contribution in [0.3, 0.4) is 0 Å². The van der Waals surface area contributed by atoms with Crippen LogP contribution in [0.4, 0.5) is 13.2 Å². The van der Waals surface area contributed by atoms with E-state index in [4.69, 9.17) is 5.73 Å². The molecule has 3 N–H and O–H groups in total. The van der Waals surface area contributed by atoms with Crippen LogP contribution in [-0.2, 0) is 21.0 Å². The fourth-order valence-electron chi connectivity index (χ4n) is 2.23. The van der Waals surface area contributed by atoms with E-state index in [0.717, 1.165) is 12.1 Å². The van der Waals surface area contributed by atoms with E-state index in [1.807, 2.05) is 0 Å². The number of halogens is 3. The number of sulfonamides is 1. The fourth-order valence-corrected chi connectivity index (χ4v) is 3.45. The largest absolute Gasteiger partial charge is 0.416 e. The number of carbonyl (C=O) groups excluding carboxylic acids is 1. The molecule has 1 amide bonds. The highest BCUT2D eigenvalue weighted by molar-refractivity contribution is 7.89. The summed E-state index contributed by atoms with van der Waals surface area (Å²) < 4.78 is 65.9. The van der Waals surface area contributed by atoms with Crippen LogP contribution in [0, 0.1) is 6.92 Å². The van der Waals surface area contributed by atoms with Crippen LogP contribution in [0.5, 0.6) is 0 Å². The number of nitrogens with two attached hydrogens (primary N) is 1. The molecular weight excluding hydrogens is 357 g/mol. The molecule has 0 saturated heterocycles. The Bertz CT molecular complexity index is 881. The molecule has 0 bridgehead atoms. The number of primary amides is 1. The highest BCUT2D eigenvalue weighted by Gasteiger charge is 2.34. The SMILES string of the molecule is Cc1ccc(S(=O)(=O)NC(C(N)=O)c2ccccc2)cc1C(F)(F)F. The van der Waals surface area contributed by atoms with E-state index in [1.165, 1.54) is 19.1 Å². The number of rotatable bonds is 5. The Morgan fingerprint density at radius 3 is 2.24 bits per heavy atom. The van der Waals surface area contributed by atoms with Gasteiger partial charge in [-0.15, -0.1) is 0 Å². The van der Waals surface area contributed by atoms with Gasteiger partial charge >= 0.3 is 6.18 Å². The van der Waals surface area contributed by atoms with E-state index in [2.05, 4.69) is 4.72 Å². The van der Waals surface area contributed by atoms with Crippen molar-refractivity contribution in [3.05, 3.63) is 65.2 Å². The maximum absolute atomic E-state index is 13.0. The van der Waals surface area contributed by atoms with Gasteiger partial charge in [-0.25, -0.2) is 8.42 Å². The van der Waals surface area contributed by atoms with E-state index >= 15 is 0 Å².